The lowest BCUT2D eigenvalue weighted by molar-refractivity contribution is -0.146. The monoisotopic (exact) mass is 456 g/mol. The fraction of sp³-hybridized carbons (Fsp3) is 0.400. The van der Waals surface area contributed by atoms with E-state index in [2.05, 4.69) is 10.6 Å². The third-order valence-electron chi connectivity index (χ3n) is 4.51. The first-order chi connectivity index (χ1) is 15.2. The number of carbonyl (C=O) groups is 3. The Morgan fingerprint density at radius 3 is 2.06 bits per heavy atom. The second-order valence-electron chi connectivity index (χ2n) is 8.32. The Morgan fingerprint density at radius 2 is 1.50 bits per heavy atom. The van der Waals surface area contributed by atoms with Crippen molar-refractivity contribution in [3.8, 4) is 0 Å². The molecular weight excluding hydrogens is 424 g/mol. The Hall–Kier alpha value is -2.80. The Balaban J connectivity index is 2.19. The van der Waals surface area contributed by atoms with Gasteiger partial charge in [0, 0.05) is 22.5 Å². The lowest BCUT2D eigenvalue weighted by Crippen LogP contribution is -2.53. The van der Waals surface area contributed by atoms with Gasteiger partial charge in [-0.3, -0.25) is 9.59 Å². The van der Waals surface area contributed by atoms with Crippen LogP contribution in [0.1, 0.15) is 43.6 Å². The van der Waals surface area contributed by atoms with Crippen molar-refractivity contribution in [2.24, 2.45) is 0 Å². The molecule has 172 valence electrons. The van der Waals surface area contributed by atoms with Crippen LogP contribution >= 0.6 is 11.8 Å². The van der Waals surface area contributed by atoms with Gasteiger partial charge < -0.3 is 15.4 Å². The minimum absolute atomic E-state index is 0.0829. The first-order valence-corrected chi connectivity index (χ1v) is 11.7. The first-order valence-electron chi connectivity index (χ1n) is 10.7. The fourth-order valence-electron chi connectivity index (χ4n) is 2.91. The average molecular weight is 457 g/mol. The van der Waals surface area contributed by atoms with Crippen LogP contribution in [0.3, 0.4) is 0 Å². The summed E-state index contributed by atoms with van der Waals surface area (Å²) in [5.74, 6) is -0.881. The molecular formula is C25H32N2O4S. The zero-order chi connectivity index (χ0) is 23.6. The van der Waals surface area contributed by atoms with E-state index < -0.39 is 24.0 Å². The largest absolute Gasteiger partial charge is 0.464 e. The molecule has 0 aromatic heterocycles. The molecule has 0 spiro atoms. The molecule has 2 aromatic rings. The van der Waals surface area contributed by atoms with E-state index in [0.29, 0.717) is 17.7 Å². The number of nitrogens with one attached hydrogen (secondary N) is 2. The van der Waals surface area contributed by atoms with Gasteiger partial charge in [0.05, 0.1) is 6.61 Å². The van der Waals surface area contributed by atoms with Crippen LogP contribution in [0.25, 0.3) is 0 Å². The molecule has 2 atom stereocenters. The topological polar surface area (TPSA) is 84.5 Å². The number of thioether (sulfide) groups is 1. The van der Waals surface area contributed by atoms with Gasteiger partial charge in [0.2, 0.25) is 5.91 Å². The van der Waals surface area contributed by atoms with E-state index in [9.17, 15) is 14.4 Å². The summed E-state index contributed by atoms with van der Waals surface area (Å²) in [4.78, 5) is 38.4. The fourth-order valence-corrected chi connectivity index (χ4v) is 3.79. The molecule has 6 nitrogen and oxygen atoms in total. The molecule has 7 heteroatoms. The van der Waals surface area contributed by atoms with E-state index in [0.717, 1.165) is 5.56 Å². The maximum Gasteiger partial charge on any atom is 0.329 e. The highest BCUT2D eigenvalue weighted by molar-refractivity contribution is 8.00. The molecule has 32 heavy (non-hydrogen) atoms. The molecule has 2 amide bonds. The second-order valence-corrected chi connectivity index (χ2v) is 10.2. The van der Waals surface area contributed by atoms with Gasteiger partial charge in [0.15, 0.2) is 0 Å². The van der Waals surface area contributed by atoms with Crippen molar-refractivity contribution in [2.45, 2.75) is 50.9 Å². The minimum Gasteiger partial charge on any atom is -0.464 e. The summed E-state index contributed by atoms with van der Waals surface area (Å²) in [6, 6.07) is 16.5. The minimum atomic E-state index is -0.846. The molecule has 0 saturated heterocycles. The molecule has 0 aliphatic heterocycles. The number of benzene rings is 2. The van der Waals surface area contributed by atoms with E-state index in [1.165, 1.54) is 0 Å². The summed E-state index contributed by atoms with van der Waals surface area (Å²) in [5, 5.41) is 5.62. The third kappa shape index (κ3) is 8.75. The molecule has 2 aromatic carbocycles. The Kier molecular flexibility index (Phi) is 9.78. The maximum absolute atomic E-state index is 13.2. The summed E-state index contributed by atoms with van der Waals surface area (Å²) < 4.78 is 5.08. The van der Waals surface area contributed by atoms with Gasteiger partial charge in [-0.15, -0.1) is 0 Å². The van der Waals surface area contributed by atoms with E-state index in [1.54, 1.807) is 43.0 Å². The maximum atomic E-state index is 13.2. The molecule has 0 radical (unpaired) electrons. The number of carbonyl (C=O) groups excluding carboxylic acids is 3. The average Bonchev–Trinajstić information content (AvgIpc) is 2.76. The molecule has 0 aliphatic rings. The van der Waals surface area contributed by atoms with Crippen LogP contribution in [0.4, 0.5) is 0 Å². The Labute approximate surface area is 194 Å². The van der Waals surface area contributed by atoms with Crippen molar-refractivity contribution in [1.82, 2.24) is 10.6 Å². The van der Waals surface area contributed by atoms with Gasteiger partial charge in [-0.2, -0.15) is 11.8 Å². The second kappa shape index (κ2) is 12.3. The standard InChI is InChI=1S/C25H32N2O4S/c1-5-31-24(30)21(17-32-25(2,3)4)27-23(29)20(16-18-12-8-6-9-13-18)26-22(28)19-14-10-7-11-15-19/h6-15,20-21H,5,16-17H2,1-4H3,(H,26,28)(H,27,29)/t20-,21-/m0/s1. The summed E-state index contributed by atoms with van der Waals surface area (Å²) in [6.45, 7) is 8.08. The number of amides is 2. The van der Waals surface area contributed by atoms with Gasteiger partial charge in [0.1, 0.15) is 12.1 Å². The van der Waals surface area contributed by atoms with Crippen LogP contribution < -0.4 is 10.6 Å². The first kappa shape index (κ1) is 25.5. The van der Waals surface area contributed by atoms with Crippen LogP contribution in [0.2, 0.25) is 0 Å². The molecule has 2 N–H and O–H groups in total. The van der Waals surface area contributed by atoms with Crippen LogP contribution in [0, 0.1) is 0 Å². The van der Waals surface area contributed by atoms with Crippen molar-refractivity contribution in [3.63, 3.8) is 0 Å². The zero-order valence-corrected chi connectivity index (χ0v) is 19.9. The molecule has 0 aliphatic carbocycles. The summed E-state index contributed by atoms with van der Waals surface area (Å²) in [7, 11) is 0. The van der Waals surface area contributed by atoms with E-state index in [-0.39, 0.29) is 17.3 Å². The van der Waals surface area contributed by atoms with Crippen LogP contribution in [-0.2, 0) is 20.7 Å². The van der Waals surface area contributed by atoms with Crippen molar-refractivity contribution < 1.29 is 19.1 Å². The Bertz CT molecular complexity index is 882. The van der Waals surface area contributed by atoms with Crippen molar-refractivity contribution in [2.75, 3.05) is 12.4 Å². The molecule has 0 unspecified atom stereocenters. The van der Waals surface area contributed by atoms with Gasteiger partial charge in [-0.05, 0) is 24.6 Å². The number of hydrogen-bond donors (Lipinski definition) is 2. The molecule has 0 saturated carbocycles. The number of esters is 1. The molecule has 2 rings (SSSR count). The smallest absolute Gasteiger partial charge is 0.329 e. The highest BCUT2D eigenvalue weighted by Crippen LogP contribution is 2.24. The van der Waals surface area contributed by atoms with Gasteiger partial charge >= 0.3 is 5.97 Å². The highest BCUT2D eigenvalue weighted by Gasteiger charge is 2.29. The molecule has 0 bridgehead atoms. The summed E-state index contributed by atoms with van der Waals surface area (Å²) >= 11 is 1.56. The van der Waals surface area contributed by atoms with E-state index in [1.807, 2.05) is 57.2 Å². The van der Waals surface area contributed by atoms with Crippen molar-refractivity contribution >= 4 is 29.5 Å². The predicted molar refractivity (Wildman–Crippen MR) is 129 cm³/mol. The quantitative estimate of drug-likeness (QED) is 0.534. The van der Waals surface area contributed by atoms with Crippen LogP contribution in [0.15, 0.2) is 60.7 Å². The van der Waals surface area contributed by atoms with Gasteiger partial charge in [-0.1, -0.05) is 69.3 Å². The van der Waals surface area contributed by atoms with E-state index >= 15 is 0 Å². The van der Waals surface area contributed by atoms with Crippen molar-refractivity contribution in [3.05, 3.63) is 71.8 Å². The van der Waals surface area contributed by atoms with Crippen LogP contribution in [0.5, 0.6) is 0 Å². The number of hydrogen-bond acceptors (Lipinski definition) is 5. The van der Waals surface area contributed by atoms with Gasteiger partial charge in [0.25, 0.3) is 5.91 Å². The van der Waals surface area contributed by atoms with Crippen LogP contribution in [-0.4, -0.2) is 47.0 Å². The summed E-state index contributed by atoms with van der Waals surface area (Å²) in [6.07, 6.45) is 0.299. The molecule has 0 heterocycles. The van der Waals surface area contributed by atoms with Gasteiger partial charge in [-0.25, -0.2) is 4.79 Å². The predicted octanol–water partition coefficient (Wildman–Crippen LogP) is 3.61. The normalized spacial score (nSPS) is 13.0. The van der Waals surface area contributed by atoms with E-state index in [4.69, 9.17) is 4.74 Å². The lowest BCUT2D eigenvalue weighted by Gasteiger charge is -2.25. The lowest BCUT2D eigenvalue weighted by atomic mass is 10.0. The Morgan fingerprint density at radius 1 is 0.906 bits per heavy atom. The SMILES string of the molecule is CCOC(=O)[C@H](CSC(C)(C)C)NC(=O)[C@H](Cc1ccccc1)NC(=O)c1ccccc1. The zero-order valence-electron chi connectivity index (χ0n) is 19.1. The highest BCUT2D eigenvalue weighted by atomic mass is 32.2. The third-order valence-corrected chi connectivity index (χ3v) is 5.88. The van der Waals surface area contributed by atoms with Crippen molar-refractivity contribution in [1.29, 1.82) is 0 Å². The number of ether oxygens (including phenoxy) is 1. The molecule has 0 fully saturated rings. The number of rotatable bonds is 10. The summed E-state index contributed by atoms with van der Waals surface area (Å²) in [5.41, 5.74) is 1.36.